The first-order valence-electron chi connectivity index (χ1n) is 7.93. The van der Waals surface area contributed by atoms with Gasteiger partial charge in [-0.25, -0.2) is 0 Å². The summed E-state index contributed by atoms with van der Waals surface area (Å²) in [4.78, 5) is 25.5. The monoisotopic (exact) mass is 280 g/mol. The number of carboxylic acids is 1. The van der Waals surface area contributed by atoms with Crippen LogP contribution in [0.5, 0.6) is 0 Å². The third-order valence-corrected chi connectivity index (χ3v) is 5.29. The minimum Gasteiger partial charge on any atom is -0.481 e. The van der Waals surface area contributed by atoms with E-state index in [2.05, 4.69) is 10.2 Å². The van der Waals surface area contributed by atoms with Gasteiger partial charge in [-0.15, -0.1) is 0 Å². The maximum absolute atomic E-state index is 12.2. The van der Waals surface area contributed by atoms with Crippen LogP contribution < -0.4 is 5.32 Å². The molecule has 5 heteroatoms. The molecular weight excluding hydrogens is 256 g/mol. The third kappa shape index (κ3) is 2.68. The van der Waals surface area contributed by atoms with E-state index in [9.17, 15) is 14.7 Å². The molecule has 2 aliphatic heterocycles. The zero-order valence-electron chi connectivity index (χ0n) is 11.9. The Hall–Kier alpha value is -1.10. The number of aliphatic carboxylic acids is 1. The topological polar surface area (TPSA) is 69.6 Å². The van der Waals surface area contributed by atoms with E-state index in [4.69, 9.17) is 0 Å². The highest BCUT2D eigenvalue weighted by Crippen LogP contribution is 2.41. The molecule has 3 aliphatic rings. The number of nitrogens with one attached hydrogen (secondary N) is 1. The third-order valence-electron chi connectivity index (χ3n) is 5.29. The van der Waals surface area contributed by atoms with Crippen LogP contribution in [-0.4, -0.2) is 46.6 Å². The van der Waals surface area contributed by atoms with Gasteiger partial charge in [0.1, 0.15) is 0 Å². The molecule has 2 bridgehead atoms. The highest BCUT2D eigenvalue weighted by atomic mass is 16.4. The molecular formula is C15H24N2O3. The molecule has 3 unspecified atom stereocenters. The Balaban J connectivity index is 1.53. The smallest absolute Gasteiger partial charge is 0.308 e. The Morgan fingerprint density at radius 2 is 1.85 bits per heavy atom. The van der Waals surface area contributed by atoms with Crippen molar-refractivity contribution in [3.63, 3.8) is 0 Å². The predicted molar refractivity (Wildman–Crippen MR) is 74.3 cm³/mol. The molecule has 3 rings (SSSR count). The second-order valence-corrected chi connectivity index (χ2v) is 6.55. The average Bonchev–Trinajstić information content (AvgIpc) is 2.97. The minimum atomic E-state index is -0.699. The molecule has 0 aromatic carbocycles. The molecule has 2 saturated heterocycles. The van der Waals surface area contributed by atoms with Crippen LogP contribution in [0.4, 0.5) is 0 Å². The van der Waals surface area contributed by atoms with Gasteiger partial charge < -0.3 is 10.4 Å². The van der Waals surface area contributed by atoms with Crippen molar-refractivity contribution >= 4 is 11.9 Å². The Morgan fingerprint density at radius 1 is 1.10 bits per heavy atom. The standard InChI is InChI=1S/C15H24N2O3/c18-14(16-10-4-2-1-3-5-10)9-17-11-6-7-13(17)12(8-11)15(19)20/h10-13H,1-9H2,(H,16,18)(H,19,20). The fourth-order valence-corrected chi connectivity index (χ4v) is 4.30. The van der Waals surface area contributed by atoms with Gasteiger partial charge in [-0.05, 0) is 32.1 Å². The van der Waals surface area contributed by atoms with E-state index in [1.54, 1.807) is 0 Å². The van der Waals surface area contributed by atoms with Crippen LogP contribution in [0.25, 0.3) is 0 Å². The molecule has 20 heavy (non-hydrogen) atoms. The minimum absolute atomic E-state index is 0.0783. The first-order chi connectivity index (χ1) is 9.65. The lowest BCUT2D eigenvalue weighted by Gasteiger charge is -2.26. The Kier molecular flexibility index (Phi) is 3.96. The average molecular weight is 280 g/mol. The number of carbonyl (C=O) groups excluding carboxylic acids is 1. The lowest BCUT2D eigenvalue weighted by Crippen LogP contribution is -2.45. The van der Waals surface area contributed by atoms with Crippen molar-refractivity contribution in [3.8, 4) is 0 Å². The van der Waals surface area contributed by atoms with Crippen molar-refractivity contribution in [1.29, 1.82) is 0 Å². The number of carbonyl (C=O) groups is 2. The summed E-state index contributed by atoms with van der Waals surface area (Å²) in [5.41, 5.74) is 0. The summed E-state index contributed by atoms with van der Waals surface area (Å²) in [6, 6.07) is 0.722. The quantitative estimate of drug-likeness (QED) is 0.816. The number of hydrogen-bond donors (Lipinski definition) is 2. The van der Waals surface area contributed by atoms with Gasteiger partial charge in [-0.1, -0.05) is 19.3 Å². The molecule has 0 aromatic heterocycles. The molecule has 3 fully saturated rings. The van der Waals surface area contributed by atoms with Gasteiger partial charge in [0.25, 0.3) is 0 Å². The zero-order valence-corrected chi connectivity index (χ0v) is 11.9. The fourth-order valence-electron chi connectivity index (χ4n) is 4.30. The molecule has 2 N–H and O–H groups in total. The summed E-state index contributed by atoms with van der Waals surface area (Å²) >= 11 is 0. The zero-order chi connectivity index (χ0) is 14.1. The van der Waals surface area contributed by atoms with Gasteiger partial charge in [0, 0.05) is 18.1 Å². The van der Waals surface area contributed by atoms with Gasteiger partial charge in [0.2, 0.25) is 5.91 Å². The van der Waals surface area contributed by atoms with Crippen LogP contribution in [0.15, 0.2) is 0 Å². The number of carboxylic acid groups (broad SMARTS) is 1. The van der Waals surface area contributed by atoms with Crippen LogP contribution >= 0.6 is 0 Å². The lowest BCUT2D eigenvalue weighted by atomic mass is 9.89. The van der Waals surface area contributed by atoms with Crippen LogP contribution in [0.1, 0.15) is 51.4 Å². The van der Waals surface area contributed by atoms with E-state index in [0.717, 1.165) is 32.1 Å². The van der Waals surface area contributed by atoms with Gasteiger partial charge >= 0.3 is 5.97 Å². The normalized spacial score (nSPS) is 34.3. The number of fused-ring (bicyclic) bond motifs is 2. The molecule has 1 aliphatic carbocycles. The maximum atomic E-state index is 12.2. The van der Waals surface area contributed by atoms with Crippen molar-refractivity contribution in [2.45, 2.75) is 69.5 Å². The first-order valence-corrected chi connectivity index (χ1v) is 7.93. The van der Waals surface area contributed by atoms with Crippen LogP contribution in [-0.2, 0) is 9.59 Å². The van der Waals surface area contributed by atoms with Crippen LogP contribution in [0.3, 0.4) is 0 Å². The highest BCUT2D eigenvalue weighted by Gasteiger charge is 2.49. The van der Waals surface area contributed by atoms with Crippen molar-refractivity contribution < 1.29 is 14.7 Å². The summed E-state index contributed by atoms with van der Waals surface area (Å²) in [7, 11) is 0. The fraction of sp³-hybridized carbons (Fsp3) is 0.867. The van der Waals surface area contributed by atoms with E-state index in [1.165, 1.54) is 19.3 Å². The van der Waals surface area contributed by atoms with Crippen molar-refractivity contribution in [1.82, 2.24) is 10.2 Å². The summed E-state index contributed by atoms with van der Waals surface area (Å²) in [6.07, 6.45) is 8.58. The largest absolute Gasteiger partial charge is 0.481 e. The molecule has 0 aromatic rings. The maximum Gasteiger partial charge on any atom is 0.308 e. The number of amides is 1. The van der Waals surface area contributed by atoms with Gasteiger partial charge in [-0.2, -0.15) is 0 Å². The molecule has 3 atom stereocenters. The number of hydrogen-bond acceptors (Lipinski definition) is 3. The summed E-state index contributed by atoms with van der Waals surface area (Å²) in [6.45, 7) is 0.385. The lowest BCUT2D eigenvalue weighted by molar-refractivity contribution is -0.143. The van der Waals surface area contributed by atoms with Crippen molar-refractivity contribution in [3.05, 3.63) is 0 Å². The Bertz CT molecular complexity index is 393. The molecule has 112 valence electrons. The second-order valence-electron chi connectivity index (χ2n) is 6.55. The first kappa shape index (κ1) is 13.9. The summed E-state index contributed by atoms with van der Waals surface area (Å²) in [5, 5.41) is 12.4. The van der Waals surface area contributed by atoms with E-state index in [1.807, 2.05) is 0 Å². The molecule has 0 spiro atoms. The SMILES string of the molecule is O=C(CN1C2CCC1C(C(=O)O)C2)NC1CCCCC1. The highest BCUT2D eigenvalue weighted by molar-refractivity contribution is 5.79. The summed E-state index contributed by atoms with van der Waals surface area (Å²) < 4.78 is 0. The summed E-state index contributed by atoms with van der Waals surface area (Å²) in [5.74, 6) is -0.883. The van der Waals surface area contributed by atoms with Gasteiger partial charge in [0.05, 0.1) is 12.5 Å². The molecule has 1 saturated carbocycles. The molecule has 1 amide bonds. The molecule has 0 radical (unpaired) electrons. The van der Waals surface area contributed by atoms with Crippen molar-refractivity contribution in [2.24, 2.45) is 5.92 Å². The van der Waals surface area contributed by atoms with E-state index in [0.29, 0.717) is 18.6 Å². The Morgan fingerprint density at radius 3 is 2.50 bits per heavy atom. The number of rotatable bonds is 4. The van der Waals surface area contributed by atoms with Gasteiger partial charge in [0.15, 0.2) is 0 Å². The second kappa shape index (κ2) is 5.72. The van der Waals surface area contributed by atoms with E-state index < -0.39 is 5.97 Å². The number of nitrogens with zero attached hydrogens (tertiary/aromatic N) is 1. The Labute approximate surface area is 119 Å². The van der Waals surface area contributed by atoms with E-state index in [-0.39, 0.29) is 17.9 Å². The van der Waals surface area contributed by atoms with Crippen LogP contribution in [0, 0.1) is 5.92 Å². The van der Waals surface area contributed by atoms with E-state index >= 15 is 0 Å². The van der Waals surface area contributed by atoms with Gasteiger partial charge in [-0.3, -0.25) is 14.5 Å². The molecule has 5 nitrogen and oxygen atoms in total. The predicted octanol–water partition coefficient (Wildman–Crippen LogP) is 1.37. The van der Waals surface area contributed by atoms with Crippen LogP contribution in [0.2, 0.25) is 0 Å². The molecule has 2 heterocycles. The van der Waals surface area contributed by atoms with Crippen molar-refractivity contribution in [2.75, 3.05) is 6.54 Å².